The molecule has 2 N–H and O–H groups in total. The van der Waals surface area contributed by atoms with Crippen LogP contribution >= 0.6 is 0 Å². The van der Waals surface area contributed by atoms with E-state index in [4.69, 9.17) is 4.74 Å². The van der Waals surface area contributed by atoms with Crippen LogP contribution in [0.4, 0.5) is 0 Å². The van der Waals surface area contributed by atoms with E-state index in [-0.39, 0.29) is 8.41 Å². The number of hydrogen-bond acceptors (Lipinski definition) is 4. The molecule has 4 nitrogen and oxygen atoms in total. The van der Waals surface area contributed by atoms with Crippen LogP contribution in [0.2, 0.25) is 0 Å². The van der Waals surface area contributed by atoms with Crippen LogP contribution < -0.4 is 0 Å². The van der Waals surface area contributed by atoms with Gasteiger partial charge in [-0.3, -0.25) is 4.90 Å². The molecule has 0 aliphatic carbocycles. The average Bonchev–Trinajstić information content (AvgIpc) is 2.41. The lowest BCUT2D eigenvalue weighted by Gasteiger charge is -2.35. The third-order valence-electron chi connectivity index (χ3n) is 4.40. The van der Waals surface area contributed by atoms with Crippen molar-refractivity contribution in [2.75, 3.05) is 26.3 Å². The first-order valence-electron chi connectivity index (χ1n) is 7.61. The molecule has 0 aromatic heterocycles. The Morgan fingerprint density at radius 2 is 1.50 bits per heavy atom. The van der Waals surface area contributed by atoms with Gasteiger partial charge in [0.15, 0.2) is 0 Å². The molecule has 3 radical (unpaired) electrons. The Bertz CT molecular complexity index is 448. The number of morpholine rings is 1. The Morgan fingerprint density at radius 1 is 1.00 bits per heavy atom. The van der Waals surface area contributed by atoms with Crippen LogP contribution in [0, 0.1) is 0 Å². The lowest BCUT2D eigenvalue weighted by molar-refractivity contribution is -0.118. The molecular weight excluding hydrogens is 277 g/mol. The molecule has 1 atom stereocenters. The lowest BCUT2D eigenvalue weighted by Crippen LogP contribution is -2.49. The average molecular weight is 304 g/mol. The first-order valence-corrected chi connectivity index (χ1v) is 7.61. The van der Waals surface area contributed by atoms with Gasteiger partial charge in [-0.25, -0.2) is 0 Å². The number of rotatable bonds is 5. The molecule has 121 valence electrons. The largest absolute Gasteiger partial charge is 0.387 e. The number of nitrogens with zero attached hydrogens (tertiary/aromatic N) is 1. The number of hydrogen-bond donors (Lipinski definition) is 2. The van der Waals surface area contributed by atoms with E-state index in [2.05, 4.69) is 17.0 Å². The normalized spacial score (nSPS) is 19.3. The zero-order valence-electron chi connectivity index (χ0n) is 13.9. The summed E-state index contributed by atoms with van der Waals surface area (Å²) in [7, 11) is 0. The number of aliphatic hydroxyl groups is 2. The van der Waals surface area contributed by atoms with Crippen molar-refractivity contribution in [1.29, 1.82) is 0 Å². The summed E-state index contributed by atoms with van der Waals surface area (Å²) in [6.45, 7) is 9.48. The Labute approximate surface area is 135 Å². The second kappa shape index (κ2) is 7.60. The molecular formula is C17H27BNO3. The highest BCUT2D eigenvalue weighted by Crippen LogP contribution is 2.25. The van der Waals surface area contributed by atoms with Crippen molar-refractivity contribution < 1.29 is 14.9 Å². The Hall–Kier alpha value is -0.875. The van der Waals surface area contributed by atoms with Crippen LogP contribution in [0.5, 0.6) is 0 Å². The third-order valence-corrected chi connectivity index (χ3v) is 4.40. The van der Waals surface area contributed by atoms with Gasteiger partial charge >= 0.3 is 0 Å². The summed E-state index contributed by atoms with van der Waals surface area (Å²) in [6, 6.07) is 8.28. The molecule has 0 spiro atoms. The molecule has 1 aromatic rings. The summed E-state index contributed by atoms with van der Waals surface area (Å²) in [5.74, 6) is 0. The van der Waals surface area contributed by atoms with E-state index < -0.39 is 11.2 Å². The Kier molecular flexibility index (Phi) is 6.62. The molecule has 1 unspecified atom stereocenters. The predicted octanol–water partition coefficient (Wildman–Crippen LogP) is 1.20. The smallest absolute Gasteiger partial charge is 0.0940 e. The minimum absolute atomic E-state index is 0. The molecule has 1 saturated heterocycles. The van der Waals surface area contributed by atoms with Gasteiger partial charge in [0.1, 0.15) is 0 Å². The molecule has 0 amide bonds. The highest BCUT2D eigenvalue weighted by atomic mass is 16.5. The second-order valence-electron chi connectivity index (χ2n) is 6.71. The third kappa shape index (κ3) is 5.09. The van der Waals surface area contributed by atoms with E-state index in [1.165, 1.54) is 5.56 Å². The van der Waals surface area contributed by atoms with Crippen molar-refractivity contribution in [2.24, 2.45) is 0 Å². The van der Waals surface area contributed by atoms with Crippen molar-refractivity contribution in [1.82, 2.24) is 4.90 Å². The number of ether oxygens (including phenoxy) is 1. The highest BCUT2D eigenvalue weighted by molar-refractivity contribution is 5.75. The summed E-state index contributed by atoms with van der Waals surface area (Å²) in [5.41, 5.74) is 0.0365. The van der Waals surface area contributed by atoms with E-state index in [9.17, 15) is 10.2 Å². The molecule has 1 aliphatic heterocycles. The monoisotopic (exact) mass is 304 g/mol. The van der Waals surface area contributed by atoms with Crippen LogP contribution in [0.1, 0.15) is 31.9 Å². The van der Waals surface area contributed by atoms with Gasteiger partial charge < -0.3 is 14.9 Å². The fourth-order valence-corrected chi connectivity index (χ4v) is 2.39. The maximum Gasteiger partial charge on any atom is 0.0940 e. The van der Waals surface area contributed by atoms with Crippen LogP contribution in [-0.2, 0) is 17.7 Å². The fraction of sp³-hybridized carbons (Fsp3) is 0.647. The van der Waals surface area contributed by atoms with Gasteiger partial charge in [0, 0.05) is 34.5 Å². The summed E-state index contributed by atoms with van der Waals surface area (Å²) in [4.78, 5) is 2.38. The van der Waals surface area contributed by atoms with E-state index in [1.54, 1.807) is 20.8 Å². The summed E-state index contributed by atoms with van der Waals surface area (Å²) in [6.07, 6.45) is 0.439. The summed E-state index contributed by atoms with van der Waals surface area (Å²) in [5, 5.41) is 20.4. The second-order valence-corrected chi connectivity index (χ2v) is 6.71. The molecule has 1 aromatic carbocycles. The van der Waals surface area contributed by atoms with Gasteiger partial charge in [0.05, 0.1) is 24.4 Å². The van der Waals surface area contributed by atoms with Crippen molar-refractivity contribution >= 4 is 8.41 Å². The quantitative estimate of drug-likeness (QED) is 0.803. The maximum atomic E-state index is 10.4. The minimum atomic E-state index is -1.14. The topological polar surface area (TPSA) is 52.9 Å². The Morgan fingerprint density at radius 3 is 2.00 bits per heavy atom. The maximum absolute atomic E-state index is 10.4. The first kappa shape index (κ1) is 19.2. The van der Waals surface area contributed by atoms with E-state index in [0.717, 1.165) is 38.4 Å². The zero-order chi connectivity index (χ0) is 15.5. The number of benzene rings is 1. The molecule has 22 heavy (non-hydrogen) atoms. The van der Waals surface area contributed by atoms with E-state index in [1.807, 2.05) is 12.1 Å². The van der Waals surface area contributed by atoms with Gasteiger partial charge in [-0.15, -0.1) is 0 Å². The van der Waals surface area contributed by atoms with Gasteiger partial charge in [-0.05, 0) is 31.9 Å². The highest BCUT2D eigenvalue weighted by Gasteiger charge is 2.37. The van der Waals surface area contributed by atoms with Gasteiger partial charge in [0.25, 0.3) is 0 Å². The van der Waals surface area contributed by atoms with Crippen molar-refractivity contribution in [3.05, 3.63) is 35.4 Å². The van der Waals surface area contributed by atoms with Crippen molar-refractivity contribution in [3.63, 3.8) is 0 Å². The van der Waals surface area contributed by atoms with Crippen molar-refractivity contribution in [3.8, 4) is 0 Å². The van der Waals surface area contributed by atoms with Gasteiger partial charge in [-0.2, -0.15) is 0 Å². The van der Waals surface area contributed by atoms with Crippen LogP contribution in [0.15, 0.2) is 24.3 Å². The standard InChI is InChI=1S/C17H27NO3.B/c1-16(2,19)17(3,20)12-14-4-6-15(7-5-14)13-18-8-10-21-11-9-18;/h4-7,19-20H,8-13H2,1-3H3;. The molecule has 2 rings (SSSR count). The van der Waals surface area contributed by atoms with Crippen LogP contribution in [0.3, 0.4) is 0 Å². The summed E-state index contributed by atoms with van der Waals surface area (Å²) >= 11 is 0. The van der Waals surface area contributed by atoms with E-state index >= 15 is 0 Å². The SMILES string of the molecule is CC(C)(O)C(C)(O)Cc1ccc(CN2CCOCC2)cc1.[B]. The van der Waals surface area contributed by atoms with Crippen LogP contribution in [-0.4, -0.2) is 61.0 Å². The predicted molar refractivity (Wildman–Crippen MR) is 88.9 cm³/mol. The first-order chi connectivity index (χ1) is 9.78. The molecule has 1 fully saturated rings. The van der Waals surface area contributed by atoms with Gasteiger partial charge in [0.2, 0.25) is 0 Å². The Balaban J connectivity index is 0.00000242. The minimum Gasteiger partial charge on any atom is -0.387 e. The van der Waals surface area contributed by atoms with Gasteiger partial charge in [-0.1, -0.05) is 24.3 Å². The van der Waals surface area contributed by atoms with Crippen LogP contribution in [0.25, 0.3) is 0 Å². The zero-order valence-corrected chi connectivity index (χ0v) is 13.9. The molecule has 1 heterocycles. The summed E-state index contributed by atoms with van der Waals surface area (Å²) < 4.78 is 5.35. The lowest BCUT2D eigenvalue weighted by atomic mass is 9.82. The molecule has 0 bridgehead atoms. The molecule has 5 heteroatoms. The molecule has 0 saturated carbocycles. The van der Waals surface area contributed by atoms with Crippen molar-refractivity contribution in [2.45, 2.75) is 44.9 Å². The van der Waals surface area contributed by atoms with E-state index in [0.29, 0.717) is 6.42 Å². The fourth-order valence-electron chi connectivity index (χ4n) is 2.39. The molecule has 1 aliphatic rings.